The summed E-state index contributed by atoms with van der Waals surface area (Å²) >= 11 is 0. The SMILES string of the molecule is CC[C@H](C)Nc1nc(Nc2ccc(OC)c(F)c2)cc(-c2cccc(OC(F)(F)F)c2)n1. The van der Waals surface area contributed by atoms with Gasteiger partial charge in [-0.05, 0) is 37.6 Å². The number of hydrogen-bond acceptors (Lipinski definition) is 6. The van der Waals surface area contributed by atoms with Gasteiger partial charge in [-0.2, -0.15) is 4.98 Å². The van der Waals surface area contributed by atoms with Crippen molar-refractivity contribution in [1.29, 1.82) is 0 Å². The standard InChI is InChI=1S/C22H22F4N4O2/c1-4-13(2)27-21-29-18(14-6-5-7-16(10-14)32-22(24,25)26)12-20(30-21)28-15-8-9-19(31-3)17(23)11-15/h5-13H,4H2,1-3H3,(H2,27,28,29,30)/t13-/m0/s1. The van der Waals surface area contributed by atoms with E-state index < -0.39 is 12.2 Å². The van der Waals surface area contributed by atoms with Gasteiger partial charge in [0.15, 0.2) is 11.6 Å². The van der Waals surface area contributed by atoms with Gasteiger partial charge in [0, 0.05) is 29.4 Å². The zero-order valence-electron chi connectivity index (χ0n) is 17.6. The van der Waals surface area contributed by atoms with Gasteiger partial charge in [0.25, 0.3) is 0 Å². The van der Waals surface area contributed by atoms with Crippen molar-refractivity contribution >= 4 is 17.5 Å². The Balaban J connectivity index is 1.98. The molecule has 0 aliphatic heterocycles. The van der Waals surface area contributed by atoms with Gasteiger partial charge in [0.1, 0.15) is 11.6 Å². The minimum absolute atomic E-state index is 0.0522. The zero-order chi connectivity index (χ0) is 23.3. The Morgan fingerprint density at radius 1 is 1.06 bits per heavy atom. The summed E-state index contributed by atoms with van der Waals surface area (Å²) in [5.74, 6) is -0.221. The summed E-state index contributed by atoms with van der Waals surface area (Å²) in [5.41, 5.74) is 1.16. The second kappa shape index (κ2) is 9.71. The predicted octanol–water partition coefficient (Wildman–Crippen LogP) is 6.14. The van der Waals surface area contributed by atoms with Gasteiger partial charge < -0.3 is 20.1 Å². The van der Waals surface area contributed by atoms with Crippen LogP contribution in [0.3, 0.4) is 0 Å². The van der Waals surface area contributed by atoms with E-state index in [4.69, 9.17) is 4.74 Å². The van der Waals surface area contributed by atoms with Gasteiger partial charge in [0.05, 0.1) is 12.8 Å². The fraction of sp³-hybridized carbons (Fsp3) is 0.273. The molecule has 0 aliphatic rings. The average Bonchev–Trinajstić information content (AvgIpc) is 2.72. The van der Waals surface area contributed by atoms with E-state index >= 15 is 0 Å². The number of methoxy groups -OCH3 is 1. The average molecular weight is 450 g/mol. The zero-order valence-corrected chi connectivity index (χ0v) is 17.6. The minimum atomic E-state index is -4.81. The lowest BCUT2D eigenvalue weighted by atomic mass is 10.1. The molecule has 6 nitrogen and oxygen atoms in total. The Kier molecular flexibility index (Phi) is 7.01. The summed E-state index contributed by atoms with van der Waals surface area (Å²) in [6, 6.07) is 11.4. The maximum atomic E-state index is 14.1. The largest absolute Gasteiger partial charge is 0.573 e. The van der Waals surface area contributed by atoms with Gasteiger partial charge in [0.2, 0.25) is 5.95 Å². The molecule has 1 heterocycles. The van der Waals surface area contributed by atoms with Crippen LogP contribution in [0.2, 0.25) is 0 Å². The summed E-state index contributed by atoms with van der Waals surface area (Å²) in [5, 5.41) is 6.14. The number of hydrogen-bond donors (Lipinski definition) is 2. The molecule has 0 spiro atoms. The maximum absolute atomic E-state index is 14.1. The molecule has 0 bridgehead atoms. The van der Waals surface area contributed by atoms with Crippen LogP contribution in [-0.4, -0.2) is 29.5 Å². The third kappa shape index (κ3) is 6.22. The lowest BCUT2D eigenvalue weighted by Gasteiger charge is -2.15. The smallest absolute Gasteiger partial charge is 0.494 e. The third-order valence-corrected chi connectivity index (χ3v) is 4.50. The van der Waals surface area contributed by atoms with E-state index in [0.29, 0.717) is 22.8 Å². The normalized spacial score (nSPS) is 12.2. The van der Waals surface area contributed by atoms with Gasteiger partial charge >= 0.3 is 6.36 Å². The fourth-order valence-corrected chi connectivity index (χ4v) is 2.79. The molecule has 0 unspecified atom stereocenters. The van der Waals surface area contributed by atoms with Crippen LogP contribution in [0.5, 0.6) is 11.5 Å². The van der Waals surface area contributed by atoms with Crippen LogP contribution in [0, 0.1) is 5.82 Å². The molecule has 0 amide bonds. The quantitative estimate of drug-likeness (QED) is 0.402. The van der Waals surface area contributed by atoms with Gasteiger partial charge in [-0.1, -0.05) is 19.1 Å². The van der Waals surface area contributed by atoms with Crippen LogP contribution in [0.15, 0.2) is 48.5 Å². The predicted molar refractivity (Wildman–Crippen MR) is 114 cm³/mol. The van der Waals surface area contributed by atoms with Gasteiger partial charge in [-0.15, -0.1) is 13.2 Å². The molecule has 0 radical (unpaired) electrons. The molecular weight excluding hydrogens is 428 g/mol. The number of rotatable bonds is 8. The van der Waals surface area contributed by atoms with Crippen LogP contribution >= 0.6 is 0 Å². The summed E-state index contributed by atoms with van der Waals surface area (Å²) in [6.45, 7) is 3.93. The molecule has 0 saturated carbocycles. The lowest BCUT2D eigenvalue weighted by Crippen LogP contribution is -2.17. The third-order valence-electron chi connectivity index (χ3n) is 4.50. The first-order chi connectivity index (χ1) is 15.2. The Bertz CT molecular complexity index is 1080. The molecule has 32 heavy (non-hydrogen) atoms. The van der Waals surface area contributed by atoms with E-state index in [1.165, 1.54) is 37.4 Å². The number of aromatic nitrogens is 2. The fourth-order valence-electron chi connectivity index (χ4n) is 2.79. The lowest BCUT2D eigenvalue weighted by molar-refractivity contribution is -0.274. The maximum Gasteiger partial charge on any atom is 0.573 e. The van der Waals surface area contributed by atoms with Crippen molar-refractivity contribution in [3.05, 3.63) is 54.3 Å². The highest BCUT2D eigenvalue weighted by Gasteiger charge is 2.31. The molecule has 10 heteroatoms. The van der Waals surface area contributed by atoms with E-state index in [1.807, 2.05) is 13.8 Å². The number of anilines is 3. The first kappa shape index (κ1) is 23.1. The summed E-state index contributed by atoms with van der Waals surface area (Å²) in [7, 11) is 1.37. The molecule has 1 aromatic heterocycles. The number of halogens is 4. The highest BCUT2D eigenvalue weighted by atomic mass is 19.4. The number of alkyl halides is 3. The molecule has 1 atom stereocenters. The monoisotopic (exact) mass is 450 g/mol. The van der Waals surface area contributed by atoms with Gasteiger partial charge in [-0.25, -0.2) is 9.37 Å². The number of benzene rings is 2. The Labute approximate surface area is 182 Å². The first-order valence-corrected chi connectivity index (χ1v) is 9.79. The van der Waals surface area contributed by atoms with Crippen LogP contribution < -0.4 is 20.1 Å². The molecule has 0 aliphatic carbocycles. The number of ether oxygens (including phenoxy) is 2. The minimum Gasteiger partial charge on any atom is -0.494 e. The van der Waals surface area contributed by atoms with E-state index in [1.54, 1.807) is 18.2 Å². The molecule has 2 N–H and O–H groups in total. The van der Waals surface area contributed by atoms with Crippen molar-refractivity contribution in [2.75, 3.05) is 17.7 Å². The summed E-state index contributed by atoms with van der Waals surface area (Å²) in [6.07, 6.45) is -4.01. The first-order valence-electron chi connectivity index (χ1n) is 9.79. The Morgan fingerprint density at radius 2 is 1.84 bits per heavy atom. The number of nitrogens with one attached hydrogen (secondary N) is 2. The molecule has 3 aromatic rings. The Hall–Kier alpha value is -3.56. The van der Waals surface area contributed by atoms with E-state index in [9.17, 15) is 17.6 Å². The topological polar surface area (TPSA) is 68.3 Å². The van der Waals surface area contributed by atoms with Gasteiger partial charge in [-0.3, -0.25) is 0 Å². The molecule has 0 saturated heterocycles. The van der Waals surface area contributed by atoms with Crippen LogP contribution in [0.1, 0.15) is 20.3 Å². The highest BCUT2D eigenvalue weighted by molar-refractivity contribution is 5.68. The molecule has 170 valence electrons. The summed E-state index contributed by atoms with van der Waals surface area (Å²) < 4.78 is 60.8. The van der Waals surface area contributed by atoms with Crippen molar-refractivity contribution in [2.24, 2.45) is 0 Å². The molecular formula is C22H22F4N4O2. The number of nitrogens with zero attached hydrogens (tertiary/aromatic N) is 2. The van der Waals surface area contributed by atoms with E-state index in [2.05, 4.69) is 25.3 Å². The van der Waals surface area contributed by atoms with Crippen LogP contribution in [0.25, 0.3) is 11.3 Å². The molecule has 0 fully saturated rings. The van der Waals surface area contributed by atoms with Crippen molar-refractivity contribution in [2.45, 2.75) is 32.7 Å². The van der Waals surface area contributed by atoms with Crippen LogP contribution in [0.4, 0.5) is 35.0 Å². The van der Waals surface area contributed by atoms with Crippen molar-refractivity contribution in [3.63, 3.8) is 0 Å². The van der Waals surface area contributed by atoms with Crippen molar-refractivity contribution in [3.8, 4) is 22.8 Å². The second-order valence-corrected chi connectivity index (χ2v) is 6.97. The van der Waals surface area contributed by atoms with E-state index in [0.717, 1.165) is 6.42 Å². The second-order valence-electron chi connectivity index (χ2n) is 6.97. The van der Waals surface area contributed by atoms with Crippen LogP contribution in [-0.2, 0) is 0 Å². The molecule has 3 rings (SSSR count). The molecule has 2 aromatic carbocycles. The van der Waals surface area contributed by atoms with Crippen molar-refractivity contribution in [1.82, 2.24) is 9.97 Å². The Morgan fingerprint density at radius 3 is 2.50 bits per heavy atom. The van der Waals surface area contributed by atoms with Crippen molar-refractivity contribution < 1.29 is 27.0 Å². The van der Waals surface area contributed by atoms with E-state index in [-0.39, 0.29) is 23.5 Å². The highest BCUT2D eigenvalue weighted by Crippen LogP contribution is 2.30. The summed E-state index contributed by atoms with van der Waals surface area (Å²) in [4.78, 5) is 8.82.